The van der Waals surface area contributed by atoms with Crippen LogP contribution in [0.3, 0.4) is 0 Å². The molecule has 0 fully saturated rings. The Morgan fingerprint density at radius 3 is 1.72 bits per heavy atom. The molecule has 83 heavy (non-hydrogen) atoms. The number of aliphatic carboxylic acids is 1. The van der Waals surface area contributed by atoms with Gasteiger partial charge in [0.1, 0.15) is 60.6 Å². The third-order valence-corrected chi connectivity index (χ3v) is 13.3. The van der Waals surface area contributed by atoms with Crippen LogP contribution < -0.4 is 42.5 Å². The number of likely N-dealkylation sites (N-methyl/N-ethyl adjacent to an activating group) is 1. The number of carboxylic acid groups (broad SMARTS) is 1. The molecule has 0 saturated carbocycles. The van der Waals surface area contributed by atoms with E-state index in [1.807, 2.05) is 0 Å². The fraction of sp³-hybridized carbons (Fsp3) is 0.627. The Bertz CT molecular complexity index is 2520. The molecule has 2 aromatic rings. The van der Waals surface area contributed by atoms with Crippen molar-refractivity contribution < 1.29 is 104 Å². The van der Waals surface area contributed by atoms with E-state index in [-0.39, 0.29) is 18.5 Å². The van der Waals surface area contributed by atoms with E-state index in [0.29, 0.717) is 5.56 Å². The summed E-state index contributed by atoms with van der Waals surface area (Å²) in [6.45, 7) is 4.84. The second-order valence-electron chi connectivity index (χ2n) is 20.8. The molecule has 1 aromatic heterocycles. The number of hydrogen-bond donors (Lipinski definition) is 18. The smallest absolute Gasteiger partial charge is 0.328 e. The standard InChI is InChI=1S/C51H81N11O21/c1-11-24(2)33(44(74)56-28(22-64)49(79)80)58-47(77)40(51(6,7)82)60-41(71)27(21-63)55-46(76)39(50(4,5)81)57-32(66)20-54-42(72)29(17-26-15-13-12-14-16-26)62(9)48(78)38(70)37(69)31(83-10)19-53-43(73)34(59-45(75)35(67)25(3)65)36(68)30-18-52-23-61(30)8/h12-16,18,23-25,27-29,31,33-40,63-65,67-70,81-82H,11,17,19-22H2,1-10H3,(H,53,73)(H,54,72)(H,55,76)(H,56,74)(H,57,66)(H,58,77)(H,59,75)(H,60,71)(H,79,80)/t24-,25-,27-,28-,29-,31-,33-,34+,35+,36+,37-,38-,39+,40+/m0/s1. The Labute approximate surface area is 477 Å². The second kappa shape index (κ2) is 32.5. The zero-order valence-corrected chi connectivity index (χ0v) is 47.7. The number of nitrogens with zero attached hydrogens (tertiary/aromatic N) is 3. The van der Waals surface area contributed by atoms with Crippen molar-refractivity contribution in [2.24, 2.45) is 13.0 Å². The first-order valence-electron chi connectivity index (χ1n) is 26.0. The van der Waals surface area contributed by atoms with Crippen molar-refractivity contribution >= 4 is 59.1 Å². The van der Waals surface area contributed by atoms with E-state index in [4.69, 9.17) is 4.74 Å². The van der Waals surface area contributed by atoms with E-state index in [9.17, 15) is 99.0 Å². The Kier molecular flexibility index (Phi) is 28.2. The number of aliphatic hydroxyl groups excluding tert-OH is 7. The number of ether oxygens (including phenoxy) is 1. The van der Waals surface area contributed by atoms with Gasteiger partial charge in [0.25, 0.3) is 11.8 Å². The summed E-state index contributed by atoms with van der Waals surface area (Å²) in [6, 6.07) is -4.38. The molecule has 1 heterocycles. The molecule has 1 aromatic carbocycles. The number of nitrogens with one attached hydrogen (secondary N) is 8. The number of methoxy groups -OCH3 is 1. The summed E-state index contributed by atoms with van der Waals surface area (Å²) in [5.74, 6) is -12.8. The molecule has 14 atom stereocenters. The van der Waals surface area contributed by atoms with Gasteiger partial charge in [-0.25, -0.2) is 9.78 Å². The molecular formula is C51H81N11O21. The summed E-state index contributed by atoms with van der Waals surface area (Å²) in [4.78, 5) is 138. The minimum Gasteiger partial charge on any atom is -0.480 e. The molecule has 9 amide bonds. The molecule has 0 bridgehead atoms. The summed E-state index contributed by atoms with van der Waals surface area (Å²) in [7, 11) is 3.61. The topological polar surface area (TPSA) is 500 Å². The lowest BCUT2D eigenvalue weighted by molar-refractivity contribution is -0.156. The van der Waals surface area contributed by atoms with Crippen molar-refractivity contribution in [1.82, 2.24) is 57.0 Å². The quantitative estimate of drug-likeness (QED) is 0.0309. The molecule has 0 radical (unpaired) electrons. The van der Waals surface area contributed by atoms with Gasteiger partial charge in [0.15, 0.2) is 12.2 Å². The van der Waals surface area contributed by atoms with Gasteiger partial charge in [-0.1, -0.05) is 50.6 Å². The number of imidazole rings is 1. The van der Waals surface area contributed by atoms with Crippen molar-refractivity contribution in [3.63, 3.8) is 0 Å². The maximum Gasteiger partial charge on any atom is 0.328 e. The lowest BCUT2D eigenvalue weighted by atomic mass is 9.94. The monoisotopic (exact) mass is 1180 g/mol. The van der Waals surface area contributed by atoms with E-state index in [0.717, 1.165) is 53.7 Å². The predicted octanol–water partition coefficient (Wildman–Crippen LogP) is -8.20. The second-order valence-corrected chi connectivity index (χ2v) is 20.8. The van der Waals surface area contributed by atoms with Crippen LogP contribution in [0.4, 0.5) is 0 Å². The van der Waals surface area contributed by atoms with Crippen molar-refractivity contribution in [2.75, 3.05) is 40.5 Å². The van der Waals surface area contributed by atoms with Crippen molar-refractivity contribution in [1.29, 1.82) is 0 Å². The Morgan fingerprint density at radius 1 is 0.687 bits per heavy atom. The van der Waals surface area contributed by atoms with Crippen LogP contribution in [0.2, 0.25) is 0 Å². The molecule has 0 aliphatic rings. The van der Waals surface area contributed by atoms with E-state index < -0.39 is 181 Å². The van der Waals surface area contributed by atoms with Gasteiger partial charge in [0, 0.05) is 34.2 Å². The molecule has 0 saturated heterocycles. The zero-order valence-electron chi connectivity index (χ0n) is 47.7. The first-order valence-corrected chi connectivity index (χ1v) is 26.0. The number of rotatable bonds is 34. The average molecular weight is 1180 g/mol. The van der Waals surface area contributed by atoms with Gasteiger partial charge < -0.3 is 108 Å². The average Bonchev–Trinajstić information content (AvgIpc) is 4.00. The molecule has 0 aliphatic carbocycles. The van der Waals surface area contributed by atoms with Crippen LogP contribution in [0.25, 0.3) is 0 Å². The van der Waals surface area contributed by atoms with E-state index in [1.54, 1.807) is 37.3 Å². The summed E-state index contributed by atoms with van der Waals surface area (Å²) in [5, 5.41) is 122. The third kappa shape index (κ3) is 21.1. The highest BCUT2D eigenvalue weighted by molar-refractivity contribution is 5.98. The Balaban J connectivity index is 2.29. The van der Waals surface area contributed by atoms with Crippen LogP contribution in [-0.2, 0) is 66.2 Å². The van der Waals surface area contributed by atoms with E-state index in [2.05, 4.69) is 47.5 Å². The highest BCUT2D eigenvalue weighted by atomic mass is 16.5. The fourth-order valence-corrected chi connectivity index (χ4v) is 7.88. The normalized spacial score (nSPS) is 16.8. The Morgan fingerprint density at radius 2 is 1.23 bits per heavy atom. The highest BCUT2D eigenvalue weighted by Crippen LogP contribution is 2.19. The van der Waals surface area contributed by atoms with Crippen molar-refractivity contribution in [2.45, 2.75) is 151 Å². The lowest BCUT2D eigenvalue weighted by Gasteiger charge is -2.34. The predicted molar refractivity (Wildman–Crippen MR) is 287 cm³/mol. The maximum absolute atomic E-state index is 14.0. The van der Waals surface area contributed by atoms with Crippen LogP contribution in [0, 0.1) is 5.92 Å². The SMILES string of the molecule is CC[C@H](C)[C@H](NC(=O)[C@@H](NC(=O)[C@H](CO)NC(=O)[C@@H](NC(=O)CNC(=O)[C@H](Cc1ccccc1)N(C)C(=O)[C@@H](O)[C@@H](O)[C@H](CNC(=O)[C@H](NC(=O)[C@H](O)[C@H](C)O)[C@H](O)c1cncn1C)OC)C(C)(C)O)C(C)(C)O)C(=O)N[C@@H](CO)C(=O)O. The number of aliphatic hydroxyl groups is 9. The summed E-state index contributed by atoms with van der Waals surface area (Å²) in [6.07, 6.45) is -9.07. The van der Waals surface area contributed by atoms with Gasteiger partial charge >= 0.3 is 5.97 Å². The fourth-order valence-electron chi connectivity index (χ4n) is 7.88. The van der Waals surface area contributed by atoms with Crippen LogP contribution in [0.5, 0.6) is 0 Å². The summed E-state index contributed by atoms with van der Waals surface area (Å²) in [5.41, 5.74) is -3.77. The number of aryl methyl sites for hydroxylation is 1. The van der Waals surface area contributed by atoms with E-state index in [1.165, 1.54) is 31.1 Å². The van der Waals surface area contributed by atoms with Gasteiger partial charge in [-0.2, -0.15) is 0 Å². The van der Waals surface area contributed by atoms with Gasteiger partial charge in [-0.15, -0.1) is 0 Å². The molecule has 2 rings (SSSR count). The first-order chi connectivity index (χ1) is 38.6. The van der Waals surface area contributed by atoms with Gasteiger partial charge in [0.2, 0.25) is 41.4 Å². The molecule has 32 heteroatoms. The van der Waals surface area contributed by atoms with Crippen LogP contribution in [0.15, 0.2) is 42.9 Å². The number of carbonyl (C=O) groups is 10. The first kappa shape index (κ1) is 71.8. The molecule has 32 nitrogen and oxygen atoms in total. The van der Waals surface area contributed by atoms with Crippen molar-refractivity contribution in [3.8, 4) is 0 Å². The number of hydrogen-bond acceptors (Lipinski definition) is 21. The summed E-state index contributed by atoms with van der Waals surface area (Å²) >= 11 is 0. The van der Waals surface area contributed by atoms with Crippen LogP contribution >= 0.6 is 0 Å². The van der Waals surface area contributed by atoms with Gasteiger partial charge in [-0.05, 0) is 46.1 Å². The van der Waals surface area contributed by atoms with Gasteiger partial charge in [0.05, 0.1) is 55.3 Å². The Hall–Kier alpha value is -7.27. The minimum absolute atomic E-state index is 0.0311. The number of benzene rings is 1. The molecule has 0 unspecified atom stereocenters. The number of carbonyl (C=O) groups excluding carboxylic acids is 9. The maximum atomic E-state index is 14.0. The molecular weight excluding hydrogens is 1100 g/mol. The highest BCUT2D eigenvalue weighted by Gasteiger charge is 2.43. The van der Waals surface area contributed by atoms with E-state index >= 15 is 0 Å². The van der Waals surface area contributed by atoms with Gasteiger partial charge in [-0.3, -0.25) is 43.2 Å². The largest absolute Gasteiger partial charge is 0.480 e. The van der Waals surface area contributed by atoms with Crippen LogP contribution in [-0.4, -0.2) is 249 Å². The third-order valence-electron chi connectivity index (χ3n) is 13.3. The molecule has 0 spiro atoms. The number of amides is 9. The number of carboxylic acids is 1. The summed E-state index contributed by atoms with van der Waals surface area (Å²) < 4.78 is 6.59. The lowest BCUT2D eigenvalue weighted by Crippen LogP contribution is -2.66. The zero-order chi connectivity index (χ0) is 63.4. The number of aromatic nitrogens is 2. The van der Waals surface area contributed by atoms with Crippen molar-refractivity contribution in [3.05, 3.63) is 54.1 Å². The minimum atomic E-state index is -2.38. The molecule has 18 N–H and O–H groups in total. The molecule has 0 aliphatic heterocycles. The molecule has 466 valence electrons. The van der Waals surface area contributed by atoms with Crippen LogP contribution in [0.1, 0.15) is 72.2 Å².